The number of carbonyl (C=O) groups excluding carboxylic acids is 1. The summed E-state index contributed by atoms with van der Waals surface area (Å²) in [5.74, 6) is 0.344. The van der Waals surface area contributed by atoms with Crippen molar-refractivity contribution in [1.82, 2.24) is 0 Å². The molecule has 6 atom stereocenters. The van der Waals surface area contributed by atoms with Crippen LogP contribution in [0.15, 0.2) is 11.6 Å². The zero-order valence-electron chi connectivity index (χ0n) is 11.3. The highest BCUT2D eigenvalue weighted by Gasteiger charge is 2.51. The maximum Gasteiger partial charge on any atom is 0.309 e. The second-order valence-electron chi connectivity index (χ2n) is 6.62. The molecule has 3 heteroatoms. The number of esters is 1. The molecule has 3 rings (SSSR count). The predicted octanol–water partition coefficient (Wildman–Crippen LogP) is 2.29. The van der Waals surface area contributed by atoms with Gasteiger partial charge in [-0.1, -0.05) is 32.4 Å². The van der Waals surface area contributed by atoms with E-state index in [-0.39, 0.29) is 41.3 Å². The van der Waals surface area contributed by atoms with E-state index in [2.05, 4.69) is 19.9 Å². The number of aliphatic hydroxyl groups is 1. The minimum absolute atomic E-state index is 0.0293. The topological polar surface area (TPSA) is 46.5 Å². The molecule has 3 nitrogen and oxygen atoms in total. The molecule has 0 radical (unpaired) electrons. The van der Waals surface area contributed by atoms with Crippen molar-refractivity contribution < 1.29 is 14.6 Å². The van der Waals surface area contributed by atoms with Crippen LogP contribution in [-0.4, -0.2) is 23.3 Å². The average Bonchev–Trinajstić information content (AvgIpc) is 2.58. The van der Waals surface area contributed by atoms with Crippen molar-refractivity contribution in [3.8, 4) is 0 Å². The van der Waals surface area contributed by atoms with Crippen molar-refractivity contribution >= 4 is 5.97 Å². The van der Waals surface area contributed by atoms with Gasteiger partial charge in [-0.3, -0.25) is 4.79 Å². The van der Waals surface area contributed by atoms with Crippen LogP contribution in [0.3, 0.4) is 0 Å². The maximum absolute atomic E-state index is 11.7. The lowest BCUT2D eigenvalue weighted by Gasteiger charge is -2.47. The molecular formula is C15H22O3. The van der Waals surface area contributed by atoms with E-state index in [0.717, 1.165) is 19.3 Å². The number of hydrogen-bond donors (Lipinski definition) is 1. The van der Waals surface area contributed by atoms with Gasteiger partial charge in [-0.05, 0) is 24.7 Å². The zero-order chi connectivity index (χ0) is 13.1. The van der Waals surface area contributed by atoms with Gasteiger partial charge in [0, 0.05) is 11.8 Å². The maximum atomic E-state index is 11.7. The minimum Gasteiger partial charge on any atom is -0.461 e. The Balaban J connectivity index is 1.99. The summed E-state index contributed by atoms with van der Waals surface area (Å²) >= 11 is 0. The van der Waals surface area contributed by atoms with E-state index in [1.807, 2.05) is 6.92 Å². The van der Waals surface area contributed by atoms with Gasteiger partial charge in [-0.2, -0.15) is 0 Å². The summed E-state index contributed by atoms with van der Waals surface area (Å²) in [4.78, 5) is 11.7. The van der Waals surface area contributed by atoms with Crippen molar-refractivity contribution in [2.75, 3.05) is 0 Å². The van der Waals surface area contributed by atoms with Gasteiger partial charge in [-0.25, -0.2) is 0 Å². The molecule has 2 fully saturated rings. The van der Waals surface area contributed by atoms with Gasteiger partial charge in [0.25, 0.3) is 0 Å². The summed E-state index contributed by atoms with van der Waals surface area (Å²) in [5, 5.41) is 10.1. The lowest BCUT2D eigenvalue weighted by Crippen LogP contribution is -2.43. The van der Waals surface area contributed by atoms with Crippen LogP contribution in [0.5, 0.6) is 0 Å². The molecule has 3 aliphatic rings. The predicted molar refractivity (Wildman–Crippen MR) is 67.7 cm³/mol. The Labute approximate surface area is 108 Å². The number of carbonyl (C=O) groups is 1. The molecule has 2 unspecified atom stereocenters. The summed E-state index contributed by atoms with van der Waals surface area (Å²) in [5.41, 5.74) is 1.47. The molecule has 1 saturated carbocycles. The normalized spacial score (nSPS) is 51.2. The fourth-order valence-corrected chi connectivity index (χ4v) is 4.09. The average molecular weight is 250 g/mol. The Morgan fingerprint density at radius 2 is 2.11 bits per heavy atom. The van der Waals surface area contributed by atoms with Crippen LogP contribution in [0.4, 0.5) is 0 Å². The van der Waals surface area contributed by atoms with E-state index in [4.69, 9.17) is 4.74 Å². The van der Waals surface area contributed by atoms with Gasteiger partial charge >= 0.3 is 5.97 Å². The van der Waals surface area contributed by atoms with Crippen LogP contribution in [0, 0.1) is 23.2 Å². The zero-order valence-corrected chi connectivity index (χ0v) is 11.3. The highest BCUT2D eigenvalue weighted by Crippen LogP contribution is 2.53. The van der Waals surface area contributed by atoms with Crippen LogP contribution in [0.2, 0.25) is 0 Å². The SMILES string of the molecule is C[C@@H]1C(=O)OC2C[C@@]3(C)CC[C@H](O)[C@H](C)C3=CC21. The Kier molecular flexibility index (Phi) is 2.60. The molecule has 18 heavy (non-hydrogen) atoms. The molecule has 1 saturated heterocycles. The van der Waals surface area contributed by atoms with Crippen LogP contribution < -0.4 is 0 Å². The van der Waals surface area contributed by atoms with Crippen LogP contribution in [0.1, 0.15) is 40.0 Å². The van der Waals surface area contributed by atoms with Crippen molar-refractivity contribution in [2.24, 2.45) is 23.2 Å². The Morgan fingerprint density at radius 1 is 1.39 bits per heavy atom. The number of fused-ring (bicyclic) bond motifs is 2. The van der Waals surface area contributed by atoms with Crippen LogP contribution in [0.25, 0.3) is 0 Å². The Hall–Kier alpha value is -0.830. The quantitative estimate of drug-likeness (QED) is 0.530. The molecule has 0 aromatic rings. The molecule has 0 bridgehead atoms. The highest BCUT2D eigenvalue weighted by atomic mass is 16.6. The van der Waals surface area contributed by atoms with Crippen LogP contribution >= 0.6 is 0 Å². The molecule has 0 aromatic carbocycles. The third-order valence-corrected chi connectivity index (χ3v) is 5.43. The van der Waals surface area contributed by atoms with Crippen LogP contribution in [-0.2, 0) is 9.53 Å². The Morgan fingerprint density at radius 3 is 2.83 bits per heavy atom. The summed E-state index contributed by atoms with van der Waals surface area (Å²) in [7, 11) is 0. The second kappa shape index (κ2) is 3.83. The molecule has 0 aromatic heterocycles. The number of rotatable bonds is 0. The van der Waals surface area contributed by atoms with Gasteiger partial charge in [0.1, 0.15) is 6.10 Å². The largest absolute Gasteiger partial charge is 0.461 e. The van der Waals surface area contributed by atoms with E-state index in [1.54, 1.807) is 0 Å². The van der Waals surface area contributed by atoms with E-state index < -0.39 is 0 Å². The van der Waals surface area contributed by atoms with Gasteiger partial charge in [0.2, 0.25) is 0 Å². The molecule has 1 aliphatic heterocycles. The summed E-state index contributed by atoms with van der Waals surface area (Å²) in [6.07, 6.45) is 4.86. The van der Waals surface area contributed by atoms with Gasteiger partial charge in [-0.15, -0.1) is 0 Å². The number of ether oxygens (including phenoxy) is 1. The first-order valence-corrected chi connectivity index (χ1v) is 7.03. The monoisotopic (exact) mass is 250 g/mol. The van der Waals surface area contributed by atoms with Crippen molar-refractivity contribution in [3.05, 3.63) is 11.6 Å². The van der Waals surface area contributed by atoms with Crippen molar-refractivity contribution in [1.29, 1.82) is 0 Å². The first-order chi connectivity index (χ1) is 8.42. The van der Waals surface area contributed by atoms with Gasteiger partial charge in [0.15, 0.2) is 0 Å². The molecule has 2 aliphatic carbocycles. The van der Waals surface area contributed by atoms with E-state index in [0.29, 0.717) is 0 Å². The first-order valence-electron chi connectivity index (χ1n) is 7.03. The lowest BCUT2D eigenvalue weighted by atomic mass is 9.59. The smallest absolute Gasteiger partial charge is 0.309 e. The Bertz CT molecular complexity index is 414. The van der Waals surface area contributed by atoms with E-state index in [1.165, 1.54) is 5.57 Å². The van der Waals surface area contributed by atoms with Crippen molar-refractivity contribution in [3.63, 3.8) is 0 Å². The fraction of sp³-hybridized carbons (Fsp3) is 0.800. The molecule has 1 heterocycles. The summed E-state index contributed by atoms with van der Waals surface area (Å²) in [6, 6.07) is 0. The molecule has 0 amide bonds. The minimum atomic E-state index is -0.228. The lowest BCUT2D eigenvalue weighted by molar-refractivity contribution is -0.145. The fourth-order valence-electron chi connectivity index (χ4n) is 4.09. The van der Waals surface area contributed by atoms with E-state index >= 15 is 0 Å². The summed E-state index contributed by atoms with van der Waals surface area (Å²) in [6.45, 7) is 6.32. The van der Waals surface area contributed by atoms with Gasteiger partial charge < -0.3 is 9.84 Å². The van der Waals surface area contributed by atoms with Crippen molar-refractivity contribution in [2.45, 2.75) is 52.2 Å². The summed E-state index contributed by atoms with van der Waals surface area (Å²) < 4.78 is 5.51. The first kappa shape index (κ1) is 12.2. The van der Waals surface area contributed by atoms with Gasteiger partial charge in [0.05, 0.1) is 12.0 Å². The molecular weight excluding hydrogens is 228 g/mol. The third-order valence-electron chi connectivity index (χ3n) is 5.43. The highest BCUT2D eigenvalue weighted by molar-refractivity contribution is 5.75. The third kappa shape index (κ3) is 1.56. The molecule has 0 spiro atoms. The molecule has 1 N–H and O–H groups in total. The van der Waals surface area contributed by atoms with E-state index in [9.17, 15) is 9.90 Å². The standard InChI is InChI=1S/C15H22O3/c1-8-10-6-11-9(2)12(16)4-5-15(11,3)7-13(10)18-14(8)17/h6,8-10,12-13,16H,4-5,7H2,1-3H3/t8-,9+,10?,12-,13?,15+/m0/s1. The number of hydrogen-bond acceptors (Lipinski definition) is 3. The second-order valence-corrected chi connectivity index (χ2v) is 6.62. The number of aliphatic hydroxyl groups excluding tert-OH is 1. The molecule has 100 valence electrons.